The Morgan fingerprint density at radius 3 is 2.76 bits per heavy atom. The average Bonchev–Trinajstić information content (AvgIpc) is 2.68. The van der Waals surface area contributed by atoms with Crippen LogP contribution in [0.4, 0.5) is 8.78 Å². The molecule has 0 heterocycles. The first kappa shape index (κ1) is 12.0. The van der Waals surface area contributed by atoms with Gasteiger partial charge < -0.3 is 10.4 Å². The Morgan fingerprint density at radius 1 is 1.35 bits per heavy atom. The van der Waals surface area contributed by atoms with Crippen LogP contribution in [0.3, 0.4) is 0 Å². The Bertz CT molecular complexity index is 437. The Balaban J connectivity index is 2.11. The molecule has 1 fully saturated rings. The summed E-state index contributed by atoms with van der Waals surface area (Å²) in [4.78, 5) is 11.7. The van der Waals surface area contributed by atoms with E-state index in [0.29, 0.717) is 12.8 Å². The number of aliphatic hydroxyl groups excluding tert-OH is 1. The molecule has 0 aliphatic heterocycles. The summed E-state index contributed by atoms with van der Waals surface area (Å²) in [6.45, 7) is 0. The van der Waals surface area contributed by atoms with Crippen LogP contribution in [0.5, 0.6) is 0 Å². The van der Waals surface area contributed by atoms with Crippen LogP contribution in [-0.2, 0) is 0 Å². The van der Waals surface area contributed by atoms with E-state index in [1.54, 1.807) is 0 Å². The molecule has 2 N–H and O–H groups in total. The molecule has 0 aromatic heterocycles. The van der Waals surface area contributed by atoms with Gasteiger partial charge in [0.15, 0.2) is 0 Å². The van der Waals surface area contributed by atoms with Gasteiger partial charge in [-0.1, -0.05) is 0 Å². The maximum atomic E-state index is 13.3. The molecule has 0 unspecified atom stereocenters. The lowest BCUT2D eigenvalue weighted by molar-refractivity contribution is 0.0869. The zero-order chi connectivity index (χ0) is 12.4. The molecule has 1 aliphatic rings. The third-order valence-corrected chi connectivity index (χ3v) is 2.97. The Morgan fingerprint density at radius 2 is 2.12 bits per heavy atom. The van der Waals surface area contributed by atoms with Crippen molar-refractivity contribution in [3.63, 3.8) is 0 Å². The molecule has 5 heteroatoms. The third kappa shape index (κ3) is 2.61. The van der Waals surface area contributed by atoms with Gasteiger partial charge in [-0.3, -0.25) is 4.79 Å². The van der Waals surface area contributed by atoms with Gasteiger partial charge in [-0.15, -0.1) is 0 Å². The predicted molar refractivity (Wildman–Crippen MR) is 57.5 cm³/mol. The second-order valence-electron chi connectivity index (χ2n) is 4.20. The Labute approximate surface area is 97.5 Å². The van der Waals surface area contributed by atoms with Gasteiger partial charge in [0.1, 0.15) is 11.6 Å². The van der Waals surface area contributed by atoms with Gasteiger partial charge in [-0.25, -0.2) is 8.78 Å². The van der Waals surface area contributed by atoms with Gasteiger partial charge >= 0.3 is 0 Å². The lowest BCUT2D eigenvalue weighted by atomic mass is 10.1. The number of amides is 1. The van der Waals surface area contributed by atoms with Crippen molar-refractivity contribution in [1.82, 2.24) is 5.32 Å². The minimum atomic E-state index is -0.767. The molecule has 0 spiro atoms. The van der Waals surface area contributed by atoms with E-state index in [1.807, 2.05) is 0 Å². The number of nitrogens with one attached hydrogen (secondary N) is 1. The summed E-state index contributed by atoms with van der Waals surface area (Å²) in [5.74, 6) is -2.12. The molecule has 0 radical (unpaired) electrons. The van der Waals surface area contributed by atoms with E-state index in [1.165, 1.54) is 0 Å². The summed E-state index contributed by atoms with van der Waals surface area (Å²) in [5.41, 5.74) is -0.330. The van der Waals surface area contributed by atoms with E-state index >= 15 is 0 Å². The predicted octanol–water partition coefficient (Wildman–Crippen LogP) is 1.61. The standard InChI is InChI=1S/C12H13F2NO2/c13-7-4-5-9(14)8(6-7)12(17)15-10-2-1-3-11(10)16/h4-6,10-11,16H,1-3H2,(H,15,17)/t10-,11-/m1/s1. The quantitative estimate of drug-likeness (QED) is 0.826. The van der Waals surface area contributed by atoms with Gasteiger partial charge in [-0.05, 0) is 37.5 Å². The fourth-order valence-corrected chi connectivity index (χ4v) is 2.03. The Kier molecular flexibility index (Phi) is 3.38. The highest BCUT2D eigenvalue weighted by molar-refractivity contribution is 5.94. The summed E-state index contributed by atoms with van der Waals surface area (Å²) in [6.07, 6.45) is 1.49. The van der Waals surface area contributed by atoms with E-state index in [-0.39, 0.29) is 11.6 Å². The molecule has 2 atom stereocenters. The van der Waals surface area contributed by atoms with E-state index < -0.39 is 23.6 Å². The van der Waals surface area contributed by atoms with Crippen molar-refractivity contribution in [2.75, 3.05) is 0 Å². The van der Waals surface area contributed by atoms with Crippen LogP contribution in [0.25, 0.3) is 0 Å². The van der Waals surface area contributed by atoms with Crippen LogP contribution in [0, 0.1) is 11.6 Å². The molecule has 0 bridgehead atoms. The van der Waals surface area contributed by atoms with Crippen molar-refractivity contribution in [3.05, 3.63) is 35.4 Å². The first-order chi connectivity index (χ1) is 8.08. The number of aliphatic hydroxyl groups is 1. The smallest absolute Gasteiger partial charge is 0.254 e. The second kappa shape index (κ2) is 4.79. The van der Waals surface area contributed by atoms with Crippen molar-refractivity contribution < 1.29 is 18.7 Å². The number of benzene rings is 1. The van der Waals surface area contributed by atoms with Crippen molar-refractivity contribution in [1.29, 1.82) is 0 Å². The van der Waals surface area contributed by atoms with Crippen LogP contribution in [0.2, 0.25) is 0 Å². The molecule has 17 heavy (non-hydrogen) atoms. The summed E-state index contributed by atoms with van der Waals surface area (Å²) in [7, 11) is 0. The molecule has 1 saturated carbocycles. The van der Waals surface area contributed by atoms with Gasteiger partial charge in [0.05, 0.1) is 17.7 Å². The fraction of sp³-hybridized carbons (Fsp3) is 0.417. The zero-order valence-corrected chi connectivity index (χ0v) is 9.12. The van der Waals surface area contributed by atoms with Gasteiger partial charge in [0.2, 0.25) is 0 Å². The monoisotopic (exact) mass is 241 g/mol. The number of carbonyl (C=O) groups is 1. The molecular weight excluding hydrogens is 228 g/mol. The number of halogens is 2. The average molecular weight is 241 g/mol. The van der Waals surface area contributed by atoms with Crippen molar-refractivity contribution in [2.24, 2.45) is 0 Å². The first-order valence-corrected chi connectivity index (χ1v) is 5.52. The van der Waals surface area contributed by atoms with Crippen molar-refractivity contribution in [3.8, 4) is 0 Å². The molecular formula is C12H13F2NO2. The highest BCUT2D eigenvalue weighted by Crippen LogP contribution is 2.19. The van der Waals surface area contributed by atoms with Crippen LogP contribution in [0.1, 0.15) is 29.6 Å². The van der Waals surface area contributed by atoms with Crippen LogP contribution in [-0.4, -0.2) is 23.2 Å². The molecule has 0 saturated heterocycles. The summed E-state index contributed by atoms with van der Waals surface area (Å²) in [6, 6.07) is 2.35. The SMILES string of the molecule is O=C(N[C@@H]1CCC[C@H]1O)c1cc(F)ccc1F. The summed E-state index contributed by atoms with van der Waals surface area (Å²) < 4.78 is 26.2. The third-order valence-electron chi connectivity index (χ3n) is 2.97. The van der Waals surface area contributed by atoms with Crippen molar-refractivity contribution in [2.45, 2.75) is 31.4 Å². The van der Waals surface area contributed by atoms with Gasteiger partial charge in [0, 0.05) is 0 Å². The highest BCUT2D eigenvalue weighted by Gasteiger charge is 2.27. The van der Waals surface area contributed by atoms with E-state index in [0.717, 1.165) is 24.6 Å². The van der Waals surface area contributed by atoms with Gasteiger partial charge in [-0.2, -0.15) is 0 Å². The van der Waals surface area contributed by atoms with Gasteiger partial charge in [0.25, 0.3) is 5.91 Å². The minimum absolute atomic E-state index is 0.330. The lowest BCUT2D eigenvalue weighted by Gasteiger charge is -2.16. The van der Waals surface area contributed by atoms with Crippen LogP contribution >= 0.6 is 0 Å². The molecule has 1 aromatic carbocycles. The maximum Gasteiger partial charge on any atom is 0.254 e. The zero-order valence-electron chi connectivity index (χ0n) is 9.12. The second-order valence-corrected chi connectivity index (χ2v) is 4.20. The topological polar surface area (TPSA) is 49.3 Å². The summed E-state index contributed by atoms with van der Waals surface area (Å²) in [5, 5.41) is 12.0. The highest BCUT2D eigenvalue weighted by atomic mass is 19.1. The van der Waals surface area contributed by atoms with E-state index in [2.05, 4.69) is 5.32 Å². The van der Waals surface area contributed by atoms with E-state index in [9.17, 15) is 18.7 Å². The summed E-state index contributed by atoms with van der Waals surface area (Å²) >= 11 is 0. The van der Waals surface area contributed by atoms with Crippen LogP contribution in [0.15, 0.2) is 18.2 Å². The van der Waals surface area contributed by atoms with Crippen LogP contribution < -0.4 is 5.32 Å². The fourth-order valence-electron chi connectivity index (χ4n) is 2.03. The number of rotatable bonds is 2. The molecule has 1 aliphatic carbocycles. The first-order valence-electron chi connectivity index (χ1n) is 5.52. The van der Waals surface area contributed by atoms with Crippen molar-refractivity contribution >= 4 is 5.91 Å². The molecule has 3 nitrogen and oxygen atoms in total. The Hall–Kier alpha value is -1.49. The molecule has 1 aromatic rings. The largest absolute Gasteiger partial charge is 0.391 e. The molecule has 92 valence electrons. The van der Waals surface area contributed by atoms with E-state index in [4.69, 9.17) is 0 Å². The minimum Gasteiger partial charge on any atom is -0.391 e. The molecule has 2 rings (SSSR count). The number of hydrogen-bond acceptors (Lipinski definition) is 2. The number of carbonyl (C=O) groups excluding carboxylic acids is 1. The lowest BCUT2D eigenvalue weighted by Crippen LogP contribution is -2.40. The maximum absolute atomic E-state index is 13.3. The normalized spacial score (nSPS) is 23.7. The molecule has 1 amide bonds. The number of hydrogen-bond donors (Lipinski definition) is 2.